The molecular formula is C18H34N4O3S. The second-order valence-electron chi connectivity index (χ2n) is 7.27. The maximum Gasteiger partial charge on any atom is 0.243 e. The van der Waals surface area contributed by atoms with Crippen LogP contribution in [0.2, 0.25) is 0 Å². The monoisotopic (exact) mass is 386 g/mol. The molecule has 1 rings (SSSR count). The summed E-state index contributed by atoms with van der Waals surface area (Å²) < 4.78 is 0. The zero-order chi connectivity index (χ0) is 19.5. The molecule has 26 heavy (non-hydrogen) atoms. The molecule has 7 nitrogen and oxygen atoms in total. The number of carbonyl (C=O) groups excluding carboxylic acids is 3. The van der Waals surface area contributed by atoms with E-state index in [0.29, 0.717) is 24.3 Å². The predicted octanol–water partition coefficient (Wildman–Crippen LogP) is 0.743. The number of amides is 3. The summed E-state index contributed by atoms with van der Waals surface area (Å²) in [5.41, 5.74) is 0. The molecule has 150 valence electrons. The number of rotatable bonds is 12. The van der Waals surface area contributed by atoms with Crippen LogP contribution in [0, 0.1) is 0 Å². The molecule has 1 aliphatic heterocycles. The summed E-state index contributed by atoms with van der Waals surface area (Å²) in [5, 5.41) is 11.8. The third kappa shape index (κ3) is 9.43. The molecule has 3 atom stereocenters. The Morgan fingerprint density at radius 3 is 2.35 bits per heavy atom. The highest BCUT2D eigenvalue weighted by Crippen LogP contribution is 2.07. The van der Waals surface area contributed by atoms with Crippen LogP contribution >= 0.6 is 12.6 Å². The Balaban J connectivity index is 2.26. The van der Waals surface area contributed by atoms with E-state index in [-0.39, 0.29) is 24.1 Å². The van der Waals surface area contributed by atoms with Crippen LogP contribution in [0.5, 0.6) is 0 Å². The van der Waals surface area contributed by atoms with Crippen LogP contribution in [0.15, 0.2) is 0 Å². The van der Waals surface area contributed by atoms with E-state index < -0.39 is 12.1 Å². The second-order valence-corrected chi connectivity index (χ2v) is 8.15. The van der Waals surface area contributed by atoms with Crippen LogP contribution in [0.1, 0.15) is 59.3 Å². The van der Waals surface area contributed by atoms with E-state index >= 15 is 0 Å². The number of unbranched alkanes of at least 4 members (excludes halogenated alkanes) is 1. The maximum absolute atomic E-state index is 12.1. The van der Waals surface area contributed by atoms with Gasteiger partial charge < -0.3 is 21.3 Å². The molecule has 8 heteroatoms. The van der Waals surface area contributed by atoms with Gasteiger partial charge in [-0.3, -0.25) is 14.4 Å². The third-order valence-corrected chi connectivity index (χ3v) is 4.51. The van der Waals surface area contributed by atoms with Crippen molar-refractivity contribution in [1.82, 2.24) is 21.3 Å². The van der Waals surface area contributed by atoms with Crippen LogP contribution in [0.25, 0.3) is 0 Å². The van der Waals surface area contributed by atoms with Crippen molar-refractivity contribution in [3.8, 4) is 0 Å². The highest BCUT2D eigenvalue weighted by atomic mass is 32.1. The van der Waals surface area contributed by atoms with Gasteiger partial charge in [-0.1, -0.05) is 27.2 Å². The average Bonchev–Trinajstić information content (AvgIpc) is 2.54. The largest absolute Gasteiger partial charge is 0.356 e. The quantitative estimate of drug-likeness (QED) is 0.252. The normalized spacial score (nSPS) is 21.3. The van der Waals surface area contributed by atoms with Gasteiger partial charge in [-0.05, 0) is 37.5 Å². The first-order chi connectivity index (χ1) is 12.3. The van der Waals surface area contributed by atoms with Crippen LogP contribution in [-0.4, -0.2) is 54.2 Å². The average molecular weight is 387 g/mol. The Morgan fingerprint density at radius 1 is 1.04 bits per heavy atom. The number of thiol groups is 1. The molecular weight excluding hydrogens is 352 g/mol. The van der Waals surface area contributed by atoms with Gasteiger partial charge in [-0.15, -0.1) is 0 Å². The topological polar surface area (TPSA) is 99.3 Å². The lowest BCUT2D eigenvalue weighted by molar-refractivity contribution is -0.138. The summed E-state index contributed by atoms with van der Waals surface area (Å²) in [6, 6.07) is -0.905. The molecule has 1 saturated heterocycles. The summed E-state index contributed by atoms with van der Waals surface area (Å²) in [6.45, 7) is 7.54. The Morgan fingerprint density at radius 2 is 1.69 bits per heavy atom. The minimum absolute atomic E-state index is 0.0256. The lowest BCUT2D eigenvalue weighted by Crippen LogP contribution is -2.62. The maximum atomic E-state index is 12.1. The van der Waals surface area contributed by atoms with E-state index in [0.717, 1.165) is 32.2 Å². The Kier molecular flexibility index (Phi) is 10.7. The highest BCUT2D eigenvalue weighted by molar-refractivity contribution is 7.80. The van der Waals surface area contributed by atoms with Crippen LogP contribution in [-0.2, 0) is 14.4 Å². The predicted molar refractivity (Wildman–Crippen MR) is 106 cm³/mol. The number of carbonyl (C=O) groups is 3. The zero-order valence-electron chi connectivity index (χ0n) is 16.1. The molecule has 0 aromatic rings. The molecule has 0 aromatic carbocycles. The molecule has 0 bridgehead atoms. The Labute approximate surface area is 162 Å². The summed E-state index contributed by atoms with van der Waals surface area (Å²) in [5.74, 6) is -0.718. The molecule has 1 heterocycles. The summed E-state index contributed by atoms with van der Waals surface area (Å²) in [4.78, 5) is 36.2. The molecule has 0 radical (unpaired) electrons. The van der Waals surface area contributed by atoms with Gasteiger partial charge in [0.2, 0.25) is 17.7 Å². The van der Waals surface area contributed by atoms with Crippen molar-refractivity contribution < 1.29 is 14.4 Å². The van der Waals surface area contributed by atoms with Gasteiger partial charge in [-0.2, -0.15) is 12.6 Å². The fraction of sp³-hybridized carbons (Fsp3) is 0.833. The molecule has 0 unspecified atom stereocenters. The lowest BCUT2D eigenvalue weighted by atomic mass is 10.0. The van der Waals surface area contributed by atoms with E-state index in [1.807, 2.05) is 6.92 Å². The number of nitrogens with one attached hydrogen (secondary N) is 4. The molecule has 3 amide bonds. The molecule has 1 fully saturated rings. The van der Waals surface area contributed by atoms with E-state index in [1.54, 1.807) is 0 Å². The van der Waals surface area contributed by atoms with Gasteiger partial charge in [0.15, 0.2) is 0 Å². The lowest BCUT2D eigenvalue weighted by Gasteiger charge is -2.29. The van der Waals surface area contributed by atoms with Crippen LogP contribution in [0.4, 0.5) is 0 Å². The van der Waals surface area contributed by atoms with Gasteiger partial charge in [0.25, 0.3) is 0 Å². The molecule has 4 N–H and O–H groups in total. The first-order valence-corrected chi connectivity index (χ1v) is 10.1. The molecule has 1 aliphatic rings. The van der Waals surface area contributed by atoms with Gasteiger partial charge in [0.05, 0.1) is 6.42 Å². The minimum atomic E-state index is -0.787. The van der Waals surface area contributed by atoms with E-state index in [4.69, 9.17) is 0 Å². The number of piperazine rings is 1. The first kappa shape index (κ1) is 22.8. The van der Waals surface area contributed by atoms with Gasteiger partial charge in [0, 0.05) is 12.6 Å². The van der Waals surface area contributed by atoms with Crippen LogP contribution < -0.4 is 21.3 Å². The van der Waals surface area contributed by atoms with Crippen LogP contribution in [0.3, 0.4) is 0 Å². The zero-order valence-corrected chi connectivity index (χ0v) is 17.0. The smallest absolute Gasteiger partial charge is 0.243 e. The summed E-state index contributed by atoms with van der Waals surface area (Å²) in [7, 11) is 0. The Hall–Kier alpha value is -1.28. The van der Waals surface area contributed by atoms with E-state index in [1.165, 1.54) is 0 Å². The molecule has 0 aliphatic carbocycles. The number of hydrogen-bond acceptors (Lipinski definition) is 5. The SMILES string of the molecule is CC(C)NCCC[C@H]1NC(=O)[C@@H](CC(=O)NCCCC[C@H](C)S)NC1=O. The third-order valence-electron chi connectivity index (χ3n) is 4.25. The standard InChI is InChI=1S/C18H34N4O3S/c1-12(2)19-10-6-8-14-17(24)22-15(18(25)21-14)11-16(23)20-9-5-4-7-13(3)26/h12-15,19,26H,4-11H2,1-3H3,(H,20,23)(H,21,25)(H,22,24)/t13-,14+,15+/m0/s1. The van der Waals surface area contributed by atoms with Gasteiger partial charge >= 0.3 is 0 Å². The fourth-order valence-corrected chi connectivity index (χ4v) is 2.95. The number of hydrogen-bond donors (Lipinski definition) is 5. The first-order valence-electron chi connectivity index (χ1n) is 9.58. The minimum Gasteiger partial charge on any atom is -0.356 e. The second kappa shape index (κ2) is 12.2. The van der Waals surface area contributed by atoms with E-state index in [9.17, 15) is 14.4 Å². The van der Waals surface area contributed by atoms with Crippen molar-refractivity contribution in [3.05, 3.63) is 0 Å². The van der Waals surface area contributed by atoms with Gasteiger partial charge in [0.1, 0.15) is 12.1 Å². The van der Waals surface area contributed by atoms with Crippen molar-refractivity contribution >= 4 is 30.4 Å². The van der Waals surface area contributed by atoms with E-state index in [2.05, 4.69) is 47.7 Å². The highest BCUT2D eigenvalue weighted by Gasteiger charge is 2.34. The van der Waals surface area contributed by atoms with Crippen molar-refractivity contribution in [3.63, 3.8) is 0 Å². The fourth-order valence-electron chi connectivity index (χ4n) is 2.77. The molecule has 0 spiro atoms. The Bertz CT molecular complexity index is 469. The summed E-state index contributed by atoms with van der Waals surface area (Å²) >= 11 is 4.31. The van der Waals surface area contributed by atoms with Crippen molar-refractivity contribution in [1.29, 1.82) is 0 Å². The summed E-state index contributed by atoms with van der Waals surface area (Å²) in [6.07, 6.45) is 4.24. The van der Waals surface area contributed by atoms with Crippen molar-refractivity contribution in [2.45, 2.75) is 82.7 Å². The van der Waals surface area contributed by atoms with Gasteiger partial charge in [-0.25, -0.2) is 0 Å². The molecule has 0 aromatic heterocycles. The molecule has 0 saturated carbocycles. The van der Waals surface area contributed by atoms with Crippen molar-refractivity contribution in [2.24, 2.45) is 0 Å². The van der Waals surface area contributed by atoms with Crippen molar-refractivity contribution in [2.75, 3.05) is 13.1 Å².